The number of nitrogens with zero attached hydrogens (tertiary/aromatic N) is 1. The molecule has 34 heavy (non-hydrogen) atoms. The second-order valence-electron chi connectivity index (χ2n) is 7.58. The molecule has 3 rings (SSSR count). The zero-order valence-electron chi connectivity index (χ0n) is 18.4. The number of benzene rings is 1. The number of Topliss-reactive ketones (excluding diaryl/α,β-unsaturated/α-hetero) is 1. The van der Waals surface area contributed by atoms with Crippen molar-refractivity contribution in [2.24, 2.45) is 0 Å². The number of sulfonamides is 1. The fourth-order valence-electron chi connectivity index (χ4n) is 3.11. The summed E-state index contributed by atoms with van der Waals surface area (Å²) in [7, 11) is -7.90. The van der Waals surface area contributed by atoms with Gasteiger partial charge < -0.3 is 9.84 Å². The minimum Gasteiger partial charge on any atom is -0.336 e. The van der Waals surface area contributed by atoms with Crippen molar-refractivity contribution in [3.63, 3.8) is 0 Å². The number of nitrogens with one attached hydrogen (secondary N) is 2. The van der Waals surface area contributed by atoms with E-state index < -0.39 is 37.3 Å². The maximum atomic E-state index is 13.1. The molecule has 0 unspecified atom stereocenters. The van der Waals surface area contributed by atoms with Crippen molar-refractivity contribution < 1.29 is 30.9 Å². The third-order valence-corrected chi connectivity index (χ3v) is 8.20. The number of rotatable bonds is 8. The van der Waals surface area contributed by atoms with E-state index in [4.69, 9.17) is 16.1 Å². The number of ketones is 1. The molecule has 0 fully saturated rings. The number of hydrogen-bond acceptors (Lipinski definition) is 9. The lowest BCUT2D eigenvalue weighted by molar-refractivity contribution is 0.102. The van der Waals surface area contributed by atoms with Crippen molar-refractivity contribution in [1.82, 2.24) is 5.16 Å². The average molecular weight is 546 g/mol. The van der Waals surface area contributed by atoms with Gasteiger partial charge in [-0.2, -0.15) is 0 Å². The van der Waals surface area contributed by atoms with E-state index in [9.17, 15) is 26.4 Å². The van der Waals surface area contributed by atoms with Crippen molar-refractivity contribution in [1.29, 1.82) is 0 Å². The summed E-state index contributed by atoms with van der Waals surface area (Å²) in [6, 6.07) is 4.41. The Morgan fingerprint density at radius 1 is 1.15 bits per heavy atom. The molecule has 0 aliphatic carbocycles. The molecule has 2 heterocycles. The summed E-state index contributed by atoms with van der Waals surface area (Å²) in [5, 5.41) is 7.54. The fraction of sp³-hybridized carbons (Fsp3) is 0.250. The van der Waals surface area contributed by atoms with Gasteiger partial charge in [-0.3, -0.25) is 9.59 Å². The fourth-order valence-corrected chi connectivity index (χ4v) is 6.24. The van der Waals surface area contributed by atoms with Crippen LogP contribution in [0.15, 0.2) is 33.0 Å². The van der Waals surface area contributed by atoms with Gasteiger partial charge in [0.2, 0.25) is 0 Å². The zero-order valence-corrected chi connectivity index (χ0v) is 21.6. The predicted octanol–water partition coefficient (Wildman–Crippen LogP) is 3.60. The van der Waals surface area contributed by atoms with E-state index in [1.165, 1.54) is 24.4 Å². The lowest BCUT2D eigenvalue weighted by Gasteiger charge is -2.15. The van der Waals surface area contributed by atoms with Crippen LogP contribution in [0, 0.1) is 20.8 Å². The van der Waals surface area contributed by atoms with Crippen LogP contribution in [0.5, 0.6) is 0 Å². The van der Waals surface area contributed by atoms with Crippen molar-refractivity contribution in [2.75, 3.05) is 22.0 Å². The molecular weight excluding hydrogens is 526 g/mol. The SMILES string of the molecule is Cc1cc(C)c(NC(=O)c2sccc2S(=O)(=O)Nc2onc(C)c2Cl)c(C(=O)CS(C)(=O)=O)c1. The second-order valence-corrected chi connectivity index (χ2v) is 12.7. The molecule has 2 aromatic heterocycles. The number of aromatic nitrogens is 1. The third kappa shape index (κ3) is 5.66. The van der Waals surface area contributed by atoms with Crippen molar-refractivity contribution in [2.45, 2.75) is 25.7 Å². The maximum Gasteiger partial charge on any atom is 0.267 e. The molecule has 0 saturated carbocycles. The molecule has 2 N–H and O–H groups in total. The highest BCUT2D eigenvalue weighted by Crippen LogP contribution is 2.31. The Morgan fingerprint density at radius 3 is 2.41 bits per heavy atom. The second kappa shape index (κ2) is 9.49. The smallest absolute Gasteiger partial charge is 0.267 e. The number of halogens is 1. The quantitative estimate of drug-likeness (QED) is 0.407. The number of amides is 1. The number of carbonyl (C=O) groups is 2. The molecule has 1 aromatic carbocycles. The molecule has 1 amide bonds. The molecular formula is C20H20ClN3O7S3. The van der Waals surface area contributed by atoms with E-state index in [2.05, 4.69) is 15.2 Å². The molecule has 0 bridgehead atoms. The first kappa shape index (κ1) is 25.9. The average Bonchev–Trinajstić information content (AvgIpc) is 3.32. The van der Waals surface area contributed by atoms with Crippen LogP contribution in [-0.4, -0.2) is 45.7 Å². The summed E-state index contributed by atoms with van der Waals surface area (Å²) < 4.78 is 56.1. The van der Waals surface area contributed by atoms with Gasteiger partial charge in [0.25, 0.3) is 21.8 Å². The molecule has 14 heteroatoms. The number of anilines is 2. The molecule has 0 spiro atoms. The summed E-state index contributed by atoms with van der Waals surface area (Å²) >= 11 is 6.84. The molecule has 0 radical (unpaired) electrons. The van der Waals surface area contributed by atoms with Gasteiger partial charge >= 0.3 is 0 Å². The highest BCUT2D eigenvalue weighted by molar-refractivity contribution is 7.93. The van der Waals surface area contributed by atoms with Crippen molar-refractivity contribution in [3.8, 4) is 0 Å². The van der Waals surface area contributed by atoms with Crippen molar-refractivity contribution >= 4 is 66.1 Å². The molecule has 0 atom stereocenters. The summed E-state index contributed by atoms with van der Waals surface area (Å²) in [6.45, 7) is 4.89. The Balaban J connectivity index is 1.96. The van der Waals surface area contributed by atoms with Crippen LogP contribution in [0.1, 0.15) is 36.9 Å². The Kier molecular flexibility index (Phi) is 7.22. The van der Waals surface area contributed by atoms with Crippen LogP contribution in [0.4, 0.5) is 11.6 Å². The lowest BCUT2D eigenvalue weighted by Crippen LogP contribution is -2.21. The van der Waals surface area contributed by atoms with Crippen molar-refractivity contribution in [3.05, 3.63) is 55.9 Å². The van der Waals surface area contributed by atoms with Gasteiger partial charge in [-0.15, -0.1) is 11.3 Å². The molecule has 0 aliphatic rings. The van der Waals surface area contributed by atoms with E-state index in [1.54, 1.807) is 19.9 Å². The number of thiophene rings is 1. The minimum atomic E-state index is -4.28. The Hall–Kier alpha value is -2.74. The normalized spacial score (nSPS) is 11.9. The van der Waals surface area contributed by atoms with E-state index in [0.29, 0.717) is 11.1 Å². The van der Waals surface area contributed by atoms with E-state index >= 15 is 0 Å². The van der Waals surface area contributed by atoms with Crippen LogP contribution in [0.25, 0.3) is 0 Å². The number of sulfone groups is 1. The van der Waals surface area contributed by atoms with Gasteiger partial charge in [-0.25, -0.2) is 21.6 Å². The van der Waals surface area contributed by atoms with Gasteiger partial charge in [0.15, 0.2) is 15.6 Å². The summed E-state index contributed by atoms with van der Waals surface area (Å²) in [6.07, 6.45) is 0.934. The van der Waals surface area contributed by atoms with Crippen LogP contribution in [0.2, 0.25) is 5.02 Å². The first-order valence-corrected chi connectivity index (χ1v) is 14.4. The minimum absolute atomic E-state index is 0.0132. The molecule has 0 saturated heterocycles. The highest BCUT2D eigenvalue weighted by Gasteiger charge is 2.28. The van der Waals surface area contributed by atoms with Gasteiger partial charge in [0.05, 0.1) is 5.69 Å². The van der Waals surface area contributed by atoms with Gasteiger partial charge in [-0.05, 0) is 49.4 Å². The summed E-state index contributed by atoms with van der Waals surface area (Å²) in [4.78, 5) is 25.2. The molecule has 182 valence electrons. The Bertz CT molecular complexity index is 1510. The first-order valence-electron chi connectivity index (χ1n) is 9.55. The highest BCUT2D eigenvalue weighted by atomic mass is 35.5. The topological polar surface area (TPSA) is 153 Å². The maximum absolute atomic E-state index is 13.1. The van der Waals surface area contributed by atoms with Gasteiger partial charge in [0.1, 0.15) is 26.2 Å². The van der Waals surface area contributed by atoms with Crippen LogP contribution < -0.4 is 10.0 Å². The molecule has 10 nitrogen and oxygen atoms in total. The van der Waals surface area contributed by atoms with E-state index in [1.807, 2.05) is 0 Å². The molecule has 3 aromatic rings. The predicted molar refractivity (Wildman–Crippen MR) is 129 cm³/mol. The number of aryl methyl sites for hydroxylation is 3. The van der Waals surface area contributed by atoms with Crippen LogP contribution in [0.3, 0.4) is 0 Å². The van der Waals surface area contributed by atoms with Crippen LogP contribution >= 0.6 is 22.9 Å². The number of carbonyl (C=O) groups excluding carboxylic acids is 2. The van der Waals surface area contributed by atoms with Gasteiger partial charge in [0, 0.05) is 11.8 Å². The lowest BCUT2D eigenvalue weighted by atomic mass is 10.0. The Labute approximate surface area is 205 Å². The van der Waals surface area contributed by atoms with E-state index in [0.717, 1.165) is 17.6 Å². The molecule has 0 aliphatic heterocycles. The number of hydrogen-bond donors (Lipinski definition) is 2. The summed E-state index contributed by atoms with van der Waals surface area (Å²) in [5.74, 6) is -2.52. The first-order chi connectivity index (χ1) is 15.7. The standard InChI is InChI=1S/C20H20ClN3O7S3/c1-10-7-11(2)17(13(8-10)14(25)9-33(4,27)28)22-19(26)18-15(5-6-32-18)34(29,30)24-20-16(21)12(3)23-31-20/h5-8,24H,9H2,1-4H3,(H,22,26). The van der Waals surface area contributed by atoms with Gasteiger partial charge in [-0.1, -0.05) is 22.8 Å². The van der Waals surface area contributed by atoms with Crippen LogP contribution in [-0.2, 0) is 19.9 Å². The Morgan fingerprint density at radius 2 is 1.82 bits per heavy atom. The largest absolute Gasteiger partial charge is 0.336 e. The monoisotopic (exact) mass is 545 g/mol. The van der Waals surface area contributed by atoms with E-state index in [-0.39, 0.29) is 37.6 Å². The zero-order chi connectivity index (χ0) is 25.4. The third-order valence-electron chi connectivity index (χ3n) is 4.55. The summed E-state index contributed by atoms with van der Waals surface area (Å²) in [5.41, 5.74) is 1.59.